The molecule has 95 heavy (non-hydrogen) atoms. The highest BCUT2D eigenvalue weighted by molar-refractivity contribution is 7.46. The Bertz CT molecular complexity index is 3880. The van der Waals surface area contributed by atoms with Crippen molar-refractivity contribution >= 4 is 118 Å². The van der Waals surface area contributed by atoms with Crippen molar-refractivity contribution in [3.05, 3.63) is 76.6 Å². The van der Waals surface area contributed by atoms with Gasteiger partial charge >= 0.3 is 20.0 Å². The number of unbranched alkanes of at least 4 members (excludes halogenated alkanes) is 1. The van der Waals surface area contributed by atoms with E-state index in [9.17, 15) is 53.0 Å². The lowest BCUT2D eigenvalue weighted by molar-refractivity contribution is -0.134. The molecule has 4 unspecified atom stereocenters. The number of hydrogen-bond acceptors (Lipinski definition) is 16. The molecule has 31 heteroatoms. The third-order valence-electron chi connectivity index (χ3n) is 19.5. The number of halogens is 2. The lowest BCUT2D eigenvalue weighted by Gasteiger charge is -2.37. The van der Waals surface area contributed by atoms with Gasteiger partial charge in [0.25, 0.3) is 0 Å². The van der Waals surface area contributed by atoms with Crippen LogP contribution >= 0.6 is 31.0 Å². The van der Waals surface area contributed by atoms with E-state index in [0.29, 0.717) is 90.5 Å². The molecule has 2 aromatic heterocycles. The SMILES string of the molecule is CC(=O)N[C@@H](CCCCN)C(=O)N[C@H](C(=O)N[C@@H](CCCNC(N)O)C(=O)Nc1ccc(COC(=O)N(C)CCN(C)C(=O)Oc2cc3c(c4c(C)c[nH]c24)[C@H](CCl)CN3C(=O)C23CC4(C(=O)N5C[C@@H](CCl)c6c5cc(OP(=O)(O)O)c5[nH]cc(C)c65)CC24C3)cc1)C(C)C. The maximum atomic E-state index is 15.2. The number of hydrogen-bond donors (Lipinski definition) is 12. The van der Waals surface area contributed by atoms with Crippen LogP contribution in [0.1, 0.15) is 112 Å². The first-order chi connectivity index (χ1) is 45.0. The Morgan fingerprint density at radius 2 is 1.28 bits per heavy atom. The van der Waals surface area contributed by atoms with Crippen molar-refractivity contribution in [2.45, 2.75) is 129 Å². The van der Waals surface area contributed by atoms with Gasteiger partial charge in [-0.05, 0) is 124 Å². The van der Waals surface area contributed by atoms with Crippen LogP contribution in [0.2, 0.25) is 0 Å². The van der Waals surface area contributed by atoms with Crippen molar-refractivity contribution < 1.29 is 71.8 Å². The Morgan fingerprint density at radius 3 is 1.80 bits per heavy atom. The number of carbonyl (C=O) groups is 8. The fraction of sp³-hybridized carbons (Fsp3) is 0.531. The van der Waals surface area contributed by atoms with Crippen molar-refractivity contribution in [1.82, 2.24) is 41.0 Å². The number of H-pyrrole nitrogens is 2. The van der Waals surface area contributed by atoms with Crippen LogP contribution in [-0.4, -0.2) is 172 Å². The second-order valence-electron chi connectivity index (χ2n) is 26.3. The van der Waals surface area contributed by atoms with Crippen molar-refractivity contribution in [2.75, 3.05) is 80.2 Å². The largest absolute Gasteiger partial charge is 0.524 e. The number of rotatable bonds is 29. The summed E-state index contributed by atoms with van der Waals surface area (Å²) >= 11 is 13.3. The van der Waals surface area contributed by atoms with Crippen molar-refractivity contribution in [1.29, 1.82) is 0 Å². The average molecular weight is 1380 g/mol. The van der Waals surface area contributed by atoms with Crippen LogP contribution in [-0.2, 0) is 44.7 Å². The van der Waals surface area contributed by atoms with E-state index >= 15 is 4.79 Å². The number of amides is 8. The number of phosphoric ester groups is 1. The average Bonchev–Trinajstić information content (AvgIpc) is 1.40. The van der Waals surface area contributed by atoms with Crippen LogP contribution in [0.5, 0.6) is 11.5 Å². The summed E-state index contributed by atoms with van der Waals surface area (Å²) in [6, 6.07) is 6.57. The summed E-state index contributed by atoms with van der Waals surface area (Å²) < 4.78 is 29.0. The van der Waals surface area contributed by atoms with Gasteiger partial charge in [-0.25, -0.2) is 14.2 Å². The Labute approximate surface area is 558 Å². The molecule has 2 aliphatic heterocycles. The lowest BCUT2D eigenvalue weighted by Crippen LogP contribution is -2.57. The number of aromatic amines is 2. The van der Waals surface area contributed by atoms with Gasteiger partial charge in [-0.3, -0.25) is 49.6 Å². The highest BCUT2D eigenvalue weighted by Gasteiger charge is 3.01. The number of phosphoric acid groups is 1. The van der Waals surface area contributed by atoms with Crippen molar-refractivity contribution in [3.63, 3.8) is 0 Å². The predicted molar refractivity (Wildman–Crippen MR) is 355 cm³/mol. The second-order valence-corrected chi connectivity index (χ2v) is 28.1. The van der Waals surface area contributed by atoms with Gasteiger partial charge in [0.1, 0.15) is 24.7 Å². The first-order valence-electron chi connectivity index (χ1n) is 31.8. The number of ether oxygens (including phenoxy) is 2. The highest BCUT2D eigenvalue weighted by Crippen LogP contribution is 3.01. The van der Waals surface area contributed by atoms with Crippen LogP contribution in [0.4, 0.5) is 26.7 Å². The van der Waals surface area contributed by atoms with E-state index < -0.39 is 90.3 Å². The predicted octanol–water partition coefficient (Wildman–Crippen LogP) is 5.45. The number of aliphatic hydroxyl groups is 1. The van der Waals surface area contributed by atoms with Gasteiger partial charge in [-0.1, -0.05) is 26.0 Å². The molecule has 3 aromatic carbocycles. The first-order valence-corrected chi connectivity index (χ1v) is 34.4. The summed E-state index contributed by atoms with van der Waals surface area (Å²) in [5, 5.41) is 24.6. The fourth-order valence-electron chi connectivity index (χ4n) is 14.5. The summed E-state index contributed by atoms with van der Waals surface area (Å²) in [6.45, 7) is 9.58. The zero-order valence-electron chi connectivity index (χ0n) is 54.1. The minimum absolute atomic E-state index is 0.0308. The van der Waals surface area contributed by atoms with E-state index in [1.165, 1.54) is 36.9 Å². The third-order valence-corrected chi connectivity index (χ3v) is 20.7. The fourth-order valence-corrected chi connectivity index (χ4v) is 15.5. The van der Waals surface area contributed by atoms with Gasteiger partial charge in [-0.15, -0.1) is 23.2 Å². The molecule has 0 radical (unpaired) electrons. The molecular weight excluding hydrogens is 1290 g/mol. The number of anilines is 3. The van der Waals surface area contributed by atoms with E-state index in [4.69, 9.17) is 48.7 Å². The van der Waals surface area contributed by atoms with Gasteiger partial charge in [0, 0.05) is 117 Å². The van der Waals surface area contributed by atoms with E-state index in [2.05, 4.69) is 36.6 Å². The topological polar surface area (TPSA) is 399 Å². The molecule has 514 valence electrons. The summed E-state index contributed by atoms with van der Waals surface area (Å²) in [5.74, 6) is -2.98. The van der Waals surface area contributed by atoms with Gasteiger partial charge < -0.3 is 75.7 Å². The Morgan fingerprint density at radius 1 is 0.747 bits per heavy atom. The monoisotopic (exact) mass is 1380 g/mol. The molecule has 10 rings (SSSR count). The maximum absolute atomic E-state index is 15.2. The molecule has 1 spiro atoms. The number of carbonyl (C=O) groups excluding carboxylic acids is 8. The quantitative estimate of drug-likeness (QED) is 0.0123. The Kier molecular flexibility index (Phi) is 20.6. The third kappa shape index (κ3) is 13.8. The van der Waals surface area contributed by atoms with E-state index in [1.54, 1.807) is 66.4 Å². The molecule has 4 heterocycles. The number of alkyl halides is 2. The minimum Gasteiger partial charge on any atom is -0.445 e. The molecule has 3 aliphatic carbocycles. The molecule has 0 bridgehead atoms. The number of aryl methyl sites for hydroxylation is 2. The summed E-state index contributed by atoms with van der Waals surface area (Å²) in [6.07, 6.45) is 4.02. The first kappa shape index (κ1) is 70.3. The zero-order chi connectivity index (χ0) is 68.8. The van der Waals surface area contributed by atoms with Crippen molar-refractivity contribution in [2.24, 2.45) is 33.6 Å². The van der Waals surface area contributed by atoms with E-state index in [0.717, 1.165) is 27.6 Å². The maximum Gasteiger partial charge on any atom is 0.524 e. The normalized spacial score (nSPS) is 21.7. The number of benzene rings is 3. The molecule has 8 amide bonds. The number of fused-ring (bicyclic) bond motifs is 6. The standard InChI is InChI=1S/C64H84Cl2N13O15P/c1-33(2)51(75-55(82)41(72-36(5)80)11-8-9-17-67)56(83)74-42(12-10-18-69-59(68)86)54(81)73-40-15-13-37(14-16-40)29-92-60(87)76(6)19-20-77(7)61(88)93-45-21-43-49(47-34(3)25-70-52(45)47)38(23-65)27-78(43)57(84)62-30-63(32-64(62,63)31-62)58(85)79-28-39(24-66)50-44(79)22-46(94-95(89,90)91)53-48(50)35(4)26-71-53/h13-16,21-22,25-26,33,38-39,41-42,51,59,69-71,86H,8-12,17-20,23-24,27-32,67-68H2,1-7H3,(H,72,80)(H,73,81)(H,74,83)(H,75,82)(H2,89,90,91)/t38-,39-,41+,42+,51+,59?,62?,63?,64?/m1/s1. The Hall–Kier alpha value is -7.53. The summed E-state index contributed by atoms with van der Waals surface area (Å²) in [4.78, 5) is 142. The number of aromatic nitrogens is 2. The molecule has 28 nitrogen and oxygen atoms in total. The summed E-state index contributed by atoms with van der Waals surface area (Å²) in [5.41, 5.74) is 15.0. The molecule has 0 saturated heterocycles. The van der Waals surface area contributed by atoms with Gasteiger partial charge in [0.05, 0.1) is 33.2 Å². The lowest BCUT2D eigenvalue weighted by atomic mass is 9.72. The van der Waals surface area contributed by atoms with E-state index in [-0.39, 0.29) is 92.7 Å². The zero-order valence-corrected chi connectivity index (χ0v) is 56.5. The molecule has 3 fully saturated rings. The van der Waals surface area contributed by atoms with E-state index in [1.807, 2.05) is 13.8 Å². The second kappa shape index (κ2) is 27.9. The summed E-state index contributed by atoms with van der Waals surface area (Å²) in [7, 11) is -1.96. The number of nitrogens with two attached hydrogens (primary N) is 2. The minimum atomic E-state index is -5.00. The van der Waals surface area contributed by atoms with Crippen molar-refractivity contribution in [3.8, 4) is 11.5 Å². The molecule has 9 atom stereocenters. The molecule has 14 N–H and O–H groups in total. The number of nitrogens with zero attached hydrogens (tertiary/aromatic N) is 4. The van der Waals surface area contributed by atoms with Gasteiger partial charge in [-0.2, -0.15) is 0 Å². The Balaban J connectivity index is 0.738. The number of aliphatic hydroxyl groups excluding tert-OH is 1. The van der Waals surface area contributed by atoms with Gasteiger partial charge in [0.2, 0.25) is 35.4 Å². The smallest absolute Gasteiger partial charge is 0.445 e. The molecule has 5 aliphatic rings. The number of nitrogens with one attached hydrogen (secondary N) is 7. The number of likely N-dealkylation sites (N-methyl/N-ethyl adjacent to an activating group) is 2. The highest BCUT2D eigenvalue weighted by atomic mass is 35.5. The van der Waals surface area contributed by atoms with Crippen LogP contribution in [0.3, 0.4) is 0 Å². The van der Waals surface area contributed by atoms with Crippen LogP contribution in [0.15, 0.2) is 48.8 Å². The molecule has 3 saturated carbocycles. The van der Waals surface area contributed by atoms with Crippen LogP contribution in [0, 0.1) is 36.0 Å². The molecular formula is C64H84Cl2N13O15P. The van der Waals surface area contributed by atoms with Crippen LogP contribution < -0.4 is 57.1 Å². The van der Waals surface area contributed by atoms with Gasteiger partial charge in [0.15, 0.2) is 17.9 Å². The van der Waals surface area contributed by atoms with Crippen LogP contribution in [0.25, 0.3) is 21.8 Å². The molecule has 5 aromatic rings.